The summed E-state index contributed by atoms with van der Waals surface area (Å²) in [6, 6.07) is 3.04. The summed E-state index contributed by atoms with van der Waals surface area (Å²) in [5, 5.41) is 4.13. The second-order valence-electron chi connectivity index (χ2n) is 6.53. The van der Waals surface area contributed by atoms with Crippen molar-refractivity contribution in [3.05, 3.63) is 24.3 Å². The van der Waals surface area contributed by atoms with Gasteiger partial charge in [0.15, 0.2) is 11.6 Å². The number of aromatic nitrogens is 2. The molecule has 3 rings (SSSR count). The van der Waals surface area contributed by atoms with E-state index in [0.29, 0.717) is 5.52 Å². The molecule has 0 aliphatic carbocycles. The maximum absolute atomic E-state index is 13.8. The van der Waals surface area contributed by atoms with Gasteiger partial charge >= 0.3 is 0 Å². The number of halogens is 1. The summed E-state index contributed by atoms with van der Waals surface area (Å²) in [4.78, 5) is 11.0. The molecule has 5 nitrogen and oxygen atoms in total. The third-order valence-corrected chi connectivity index (χ3v) is 4.73. The Morgan fingerprint density at radius 1 is 1.29 bits per heavy atom. The first kappa shape index (κ1) is 16.9. The van der Waals surface area contributed by atoms with E-state index < -0.39 is 5.82 Å². The second kappa shape index (κ2) is 7.75. The molecule has 1 aliphatic rings. The van der Waals surface area contributed by atoms with Crippen molar-refractivity contribution in [2.45, 2.75) is 26.2 Å². The first-order valence-electron chi connectivity index (χ1n) is 8.62. The predicted octanol–water partition coefficient (Wildman–Crippen LogP) is 3.31. The first-order chi connectivity index (χ1) is 11.7. The lowest BCUT2D eigenvalue weighted by Crippen LogP contribution is -2.34. The minimum absolute atomic E-state index is 0.211. The van der Waals surface area contributed by atoms with E-state index in [2.05, 4.69) is 27.1 Å². The molecule has 2 aromatic rings. The highest BCUT2D eigenvalue weighted by molar-refractivity contribution is 5.90. The van der Waals surface area contributed by atoms with E-state index in [1.807, 2.05) is 0 Å². The molecule has 0 radical (unpaired) electrons. The van der Waals surface area contributed by atoms with Crippen LogP contribution in [0.25, 0.3) is 10.9 Å². The third-order valence-electron chi connectivity index (χ3n) is 4.73. The van der Waals surface area contributed by atoms with Gasteiger partial charge in [-0.3, -0.25) is 0 Å². The van der Waals surface area contributed by atoms with Crippen LogP contribution < -0.4 is 10.1 Å². The molecule has 1 fully saturated rings. The normalized spacial score (nSPS) is 16.5. The van der Waals surface area contributed by atoms with Crippen molar-refractivity contribution in [3.63, 3.8) is 0 Å². The summed E-state index contributed by atoms with van der Waals surface area (Å²) in [6.07, 6.45) is 5.12. The fraction of sp³-hybridized carbons (Fsp3) is 0.556. The Kier molecular flexibility index (Phi) is 5.45. The Morgan fingerprint density at radius 3 is 2.83 bits per heavy atom. The molecular formula is C18H25FN4O. The fourth-order valence-corrected chi connectivity index (χ4v) is 3.15. The van der Waals surface area contributed by atoms with Gasteiger partial charge in [0.2, 0.25) is 0 Å². The van der Waals surface area contributed by atoms with Gasteiger partial charge in [-0.2, -0.15) is 0 Å². The molecule has 0 atom stereocenters. The van der Waals surface area contributed by atoms with Crippen molar-refractivity contribution in [2.24, 2.45) is 5.92 Å². The van der Waals surface area contributed by atoms with E-state index in [4.69, 9.17) is 4.74 Å². The zero-order valence-electron chi connectivity index (χ0n) is 14.4. The maximum Gasteiger partial charge on any atom is 0.167 e. The zero-order valence-corrected chi connectivity index (χ0v) is 14.4. The minimum Gasteiger partial charge on any atom is -0.494 e. The van der Waals surface area contributed by atoms with Crippen LogP contribution >= 0.6 is 0 Å². The van der Waals surface area contributed by atoms with E-state index >= 15 is 0 Å². The molecule has 1 N–H and O–H groups in total. The summed E-state index contributed by atoms with van der Waals surface area (Å²) in [6.45, 7) is 6.66. The van der Waals surface area contributed by atoms with Crippen LogP contribution in [0.5, 0.6) is 5.75 Å². The largest absolute Gasteiger partial charge is 0.494 e. The molecule has 1 aromatic carbocycles. The molecule has 0 spiro atoms. The number of rotatable bonds is 6. The minimum atomic E-state index is -0.408. The number of nitrogens with one attached hydrogen (secondary N) is 1. The second-order valence-corrected chi connectivity index (χ2v) is 6.53. The molecule has 6 heteroatoms. The van der Waals surface area contributed by atoms with Crippen molar-refractivity contribution in [2.75, 3.05) is 38.6 Å². The van der Waals surface area contributed by atoms with Gasteiger partial charge in [0.05, 0.1) is 12.6 Å². The number of anilines is 1. The van der Waals surface area contributed by atoms with Crippen molar-refractivity contribution in [1.29, 1.82) is 0 Å². The van der Waals surface area contributed by atoms with E-state index in [1.54, 1.807) is 6.07 Å². The van der Waals surface area contributed by atoms with Crippen molar-refractivity contribution < 1.29 is 9.13 Å². The molecule has 1 aromatic heterocycles. The average molecular weight is 332 g/mol. The molecule has 130 valence electrons. The number of methoxy groups -OCH3 is 1. The smallest absolute Gasteiger partial charge is 0.167 e. The lowest BCUT2D eigenvalue weighted by atomic mass is 9.99. The van der Waals surface area contributed by atoms with Crippen LogP contribution in [0.4, 0.5) is 10.2 Å². The molecular weight excluding hydrogens is 307 g/mol. The molecule has 1 aliphatic heterocycles. The van der Waals surface area contributed by atoms with Gasteiger partial charge < -0.3 is 15.0 Å². The van der Waals surface area contributed by atoms with Crippen LogP contribution in [0, 0.1) is 11.7 Å². The number of fused-ring (bicyclic) bond motifs is 1. The van der Waals surface area contributed by atoms with Gasteiger partial charge in [-0.15, -0.1) is 0 Å². The highest BCUT2D eigenvalue weighted by Gasteiger charge is 2.15. The number of nitrogens with zero attached hydrogens (tertiary/aromatic N) is 3. The average Bonchev–Trinajstić information content (AvgIpc) is 2.59. The van der Waals surface area contributed by atoms with Gasteiger partial charge in [-0.25, -0.2) is 14.4 Å². The lowest BCUT2D eigenvalue weighted by Gasteiger charge is -2.30. The van der Waals surface area contributed by atoms with Gasteiger partial charge in [-0.1, -0.05) is 6.92 Å². The van der Waals surface area contributed by atoms with E-state index in [1.165, 1.54) is 45.4 Å². The van der Waals surface area contributed by atoms with Crippen LogP contribution in [-0.4, -0.2) is 48.2 Å². The van der Waals surface area contributed by atoms with Crippen molar-refractivity contribution in [1.82, 2.24) is 14.9 Å². The standard InChI is InChI=1S/C18H25FN4O/c1-13-4-8-23(9-5-13)7-3-6-20-18-14-10-17(24-2)15(19)11-16(14)21-12-22-18/h10-13H,3-9H2,1-2H3,(H,20,21,22). The van der Waals surface area contributed by atoms with Crippen molar-refractivity contribution >= 4 is 16.7 Å². The number of benzene rings is 1. The number of likely N-dealkylation sites (tertiary alicyclic amines) is 1. The molecule has 0 saturated carbocycles. The van der Waals surface area contributed by atoms with Crippen LogP contribution in [-0.2, 0) is 0 Å². The van der Waals surface area contributed by atoms with Gasteiger partial charge in [-0.05, 0) is 50.9 Å². The van der Waals surface area contributed by atoms with Gasteiger partial charge in [0.25, 0.3) is 0 Å². The lowest BCUT2D eigenvalue weighted by molar-refractivity contribution is 0.192. The third kappa shape index (κ3) is 3.93. The Labute approximate surface area is 142 Å². The number of hydrogen-bond donors (Lipinski definition) is 1. The first-order valence-corrected chi connectivity index (χ1v) is 8.62. The Morgan fingerprint density at radius 2 is 2.08 bits per heavy atom. The van der Waals surface area contributed by atoms with Crippen molar-refractivity contribution in [3.8, 4) is 5.75 Å². The van der Waals surface area contributed by atoms with E-state index in [0.717, 1.165) is 36.6 Å². The maximum atomic E-state index is 13.8. The van der Waals surface area contributed by atoms with Crippen LogP contribution in [0.3, 0.4) is 0 Å². The molecule has 0 bridgehead atoms. The Hall–Kier alpha value is -1.95. The highest BCUT2D eigenvalue weighted by atomic mass is 19.1. The highest BCUT2D eigenvalue weighted by Crippen LogP contribution is 2.27. The summed E-state index contributed by atoms with van der Waals surface area (Å²) in [5.74, 6) is 1.39. The number of piperidine rings is 1. The number of hydrogen-bond acceptors (Lipinski definition) is 5. The van der Waals surface area contributed by atoms with E-state index in [-0.39, 0.29) is 5.75 Å². The number of ether oxygens (including phenoxy) is 1. The molecule has 24 heavy (non-hydrogen) atoms. The summed E-state index contributed by atoms with van der Waals surface area (Å²) in [7, 11) is 1.46. The molecule has 2 heterocycles. The SMILES string of the molecule is COc1cc2c(NCCCN3CCC(C)CC3)ncnc2cc1F. The van der Waals surface area contributed by atoms with Gasteiger partial charge in [0.1, 0.15) is 12.1 Å². The molecule has 0 amide bonds. The molecule has 0 unspecified atom stereocenters. The van der Waals surface area contributed by atoms with Gasteiger partial charge in [0, 0.05) is 18.0 Å². The quantitative estimate of drug-likeness (QED) is 0.823. The monoisotopic (exact) mass is 332 g/mol. The molecule has 1 saturated heterocycles. The van der Waals surface area contributed by atoms with Crippen LogP contribution in [0.15, 0.2) is 18.5 Å². The summed E-state index contributed by atoms with van der Waals surface area (Å²) >= 11 is 0. The fourth-order valence-electron chi connectivity index (χ4n) is 3.15. The predicted molar refractivity (Wildman–Crippen MR) is 94.0 cm³/mol. The zero-order chi connectivity index (χ0) is 16.9. The summed E-state index contributed by atoms with van der Waals surface area (Å²) < 4.78 is 18.8. The van der Waals surface area contributed by atoms with Crippen LogP contribution in [0.2, 0.25) is 0 Å². The summed E-state index contributed by atoms with van der Waals surface area (Å²) in [5.41, 5.74) is 0.579. The van der Waals surface area contributed by atoms with Crippen LogP contribution in [0.1, 0.15) is 26.2 Å². The Balaban J connectivity index is 1.59. The van der Waals surface area contributed by atoms with E-state index in [9.17, 15) is 4.39 Å². The Bertz CT molecular complexity index is 686. The topological polar surface area (TPSA) is 50.3 Å².